The number of aromatic amines is 1. The van der Waals surface area contributed by atoms with Crippen LogP contribution in [0.2, 0.25) is 5.28 Å². The number of hydrogen-bond donors (Lipinski definition) is 3. The van der Waals surface area contributed by atoms with Crippen LogP contribution in [-0.2, 0) is 0 Å². The number of amides is 1. The topological polar surface area (TPSA) is 115 Å². The molecule has 1 aliphatic heterocycles. The fourth-order valence-corrected chi connectivity index (χ4v) is 3.15. The Morgan fingerprint density at radius 2 is 2.12 bits per heavy atom. The molecular weight excluding hydrogens is 379 g/mol. The van der Waals surface area contributed by atoms with Crippen molar-refractivity contribution in [2.45, 2.75) is 18.9 Å². The maximum atomic E-state index is 12.4. The first-order valence-electron chi connectivity index (χ1n) is 7.96. The van der Waals surface area contributed by atoms with Crippen molar-refractivity contribution in [3.63, 3.8) is 0 Å². The van der Waals surface area contributed by atoms with E-state index in [4.69, 9.17) is 28.6 Å². The van der Waals surface area contributed by atoms with Crippen LogP contribution in [0.4, 0.5) is 5.69 Å². The van der Waals surface area contributed by atoms with E-state index in [9.17, 15) is 9.59 Å². The molecule has 0 spiro atoms. The Morgan fingerprint density at radius 3 is 2.73 bits per heavy atom. The number of H-pyrrole nitrogens is 1. The van der Waals surface area contributed by atoms with Crippen LogP contribution in [0.15, 0.2) is 29.3 Å². The first-order valence-corrected chi connectivity index (χ1v) is 8.71. The molecular formula is C16H16Cl2N6O2. The molecule has 2 aromatic heterocycles. The number of aromatic nitrogens is 3. The van der Waals surface area contributed by atoms with Gasteiger partial charge >= 0.3 is 0 Å². The van der Waals surface area contributed by atoms with Gasteiger partial charge in [-0.1, -0.05) is 11.6 Å². The van der Waals surface area contributed by atoms with Crippen molar-refractivity contribution in [3.8, 4) is 0 Å². The second kappa shape index (κ2) is 7.84. The highest BCUT2D eigenvalue weighted by atomic mass is 35.5. The monoisotopic (exact) mass is 394 g/mol. The van der Waals surface area contributed by atoms with E-state index in [0.29, 0.717) is 31.5 Å². The van der Waals surface area contributed by atoms with Crippen molar-refractivity contribution < 1.29 is 4.79 Å². The molecule has 136 valence electrons. The Balaban J connectivity index is 1.68. The van der Waals surface area contributed by atoms with Crippen molar-refractivity contribution in [2.75, 3.05) is 18.4 Å². The number of pyridine rings is 1. The predicted molar refractivity (Wildman–Crippen MR) is 99.3 cm³/mol. The highest BCUT2D eigenvalue weighted by Gasteiger charge is 2.25. The molecule has 1 aliphatic rings. The van der Waals surface area contributed by atoms with Gasteiger partial charge in [-0.2, -0.15) is 0 Å². The minimum atomic E-state index is -0.487. The van der Waals surface area contributed by atoms with E-state index in [1.807, 2.05) is 0 Å². The lowest BCUT2D eigenvalue weighted by molar-refractivity contribution is 0.0718. The Hall–Kier alpha value is -2.45. The molecule has 0 bridgehead atoms. The highest BCUT2D eigenvalue weighted by Crippen LogP contribution is 2.19. The molecule has 0 saturated carbocycles. The van der Waals surface area contributed by atoms with E-state index in [0.717, 1.165) is 0 Å². The molecule has 1 fully saturated rings. The molecule has 8 nitrogen and oxygen atoms in total. The first-order chi connectivity index (χ1) is 12.5. The van der Waals surface area contributed by atoms with Crippen LogP contribution in [0, 0.1) is 5.41 Å². The van der Waals surface area contributed by atoms with Crippen molar-refractivity contribution in [2.24, 2.45) is 0 Å². The molecule has 0 aromatic carbocycles. The van der Waals surface area contributed by atoms with Gasteiger partial charge in [0.15, 0.2) is 0 Å². The third-order valence-electron chi connectivity index (χ3n) is 4.14. The Kier molecular flexibility index (Phi) is 5.53. The number of carbonyl (C=O) groups is 1. The summed E-state index contributed by atoms with van der Waals surface area (Å²) in [6, 6.07) is 3.41. The second-order valence-corrected chi connectivity index (χ2v) is 6.58. The zero-order valence-electron chi connectivity index (χ0n) is 13.6. The Labute approximate surface area is 159 Å². The Bertz CT molecular complexity index is 878. The van der Waals surface area contributed by atoms with Crippen LogP contribution < -0.4 is 10.9 Å². The number of piperidine rings is 1. The minimum absolute atomic E-state index is 0.00859. The van der Waals surface area contributed by atoms with Gasteiger partial charge in [0.1, 0.15) is 16.6 Å². The summed E-state index contributed by atoms with van der Waals surface area (Å²) in [6.07, 6.45) is 4.45. The molecule has 0 atom stereocenters. The van der Waals surface area contributed by atoms with Gasteiger partial charge in [-0.15, -0.1) is 0 Å². The van der Waals surface area contributed by atoms with Crippen molar-refractivity contribution >= 4 is 40.0 Å². The smallest absolute Gasteiger partial charge is 0.275 e. The van der Waals surface area contributed by atoms with Crippen LogP contribution in [0.5, 0.6) is 0 Å². The van der Waals surface area contributed by atoms with Crippen LogP contribution in [0.3, 0.4) is 0 Å². The fraction of sp³-hybridized carbons (Fsp3) is 0.312. The van der Waals surface area contributed by atoms with E-state index >= 15 is 0 Å². The summed E-state index contributed by atoms with van der Waals surface area (Å²) >= 11 is 11.4. The van der Waals surface area contributed by atoms with E-state index in [1.165, 1.54) is 0 Å². The number of carbonyl (C=O) groups excluding carboxylic acids is 1. The molecule has 10 heteroatoms. The van der Waals surface area contributed by atoms with Crippen molar-refractivity contribution in [3.05, 3.63) is 51.4 Å². The lowest BCUT2D eigenvalue weighted by Crippen LogP contribution is -2.43. The standard InChI is InChI=1S/C16H16Cl2N6O2/c17-13(19)11-12(14(25)23-16(18)22-11)21-10-3-6-24(7-4-10)15(26)9-2-1-5-20-8-9/h1-2,5,8,10,19,21H,3-4,6-7H2,(H,22,23,25). The third kappa shape index (κ3) is 4.03. The van der Waals surface area contributed by atoms with Gasteiger partial charge in [0.2, 0.25) is 5.28 Å². The molecule has 0 unspecified atom stereocenters. The minimum Gasteiger partial charge on any atom is -0.376 e. The number of anilines is 1. The summed E-state index contributed by atoms with van der Waals surface area (Å²) in [7, 11) is 0. The summed E-state index contributed by atoms with van der Waals surface area (Å²) < 4.78 is 0. The average molecular weight is 395 g/mol. The van der Waals surface area contributed by atoms with Gasteiger partial charge in [-0.3, -0.25) is 25.0 Å². The number of halogens is 2. The lowest BCUT2D eigenvalue weighted by atomic mass is 10.0. The summed E-state index contributed by atoms with van der Waals surface area (Å²) in [5, 5.41) is 10.2. The molecule has 1 saturated heterocycles. The van der Waals surface area contributed by atoms with Gasteiger partial charge in [0.25, 0.3) is 11.5 Å². The van der Waals surface area contributed by atoms with E-state index < -0.39 is 5.56 Å². The lowest BCUT2D eigenvalue weighted by Gasteiger charge is -2.32. The third-order valence-corrected chi connectivity index (χ3v) is 4.50. The molecule has 3 N–H and O–H groups in total. The second-order valence-electron chi connectivity index (χ2n) is 5.85. The molecule has 26 heavy (non-hydrogen) atoms. The summed E-state index contributed by atoms with van der Waals surface area (Å²) in [5.41, 5.74) is 0.190. The van der Waals surface area contributed by atoms with Gasteiger partial charge in [-0.05, 0) is 36.6 Å². The van der Waals surface area contributed by atoms with Crippen LogP contribution >= 0.6 is 23.2 Å². The number of nitrogens with one attached hydrogen (secondary N) is 3. The van der Waals surface area contributed by atoms with Gasteiger partial charge in [0, 0.05) is 31.5 Å². The van der Waals surface area contributed by atoms with E-state index in [-0.39, 0.29) is 33.8 Å². The van der Waals surface area contributed by atoms with Crippen LogP contribution in [0.1, 0.15) is 28.9 Å². The van der Waals surface area contributed by atoms with Crippen molar-refractivity contribution in [1.29, 1.82) is 5.41 Å². The van der Waals surface area contributed by atoms with Gasteiger partial charge in [-0.25, -0.2) is 4.98 Å². The van der Waals surface area contributed by atoms with E-state index in [2.05, 4.69) is 20.3 Å². The molecule has 2 aromatic rings. The van der Waals surface area contributed by atoms with Crippen LogP contribution in [0.25, 0.3) is 0 Å². The number of nitrogens with zero attached hydrogens (tertiary/aromatic N) is 3. The van der Waals surface area contributed by atoms with E-state index in [1.54, 1.807) is 29.4 Å². The first kappa shape index (κ1) is 18.3. The van der Waals surface area contributed by atoms with Gasteiger partial charge < -0.3 is 10.2 Å². The number of rotatable bonds is 4. The Morgan fingerprint density at radius 1 is 1.38 bits per heavy atom. The van der Waals surface area contributed by atoms with Gasteiger partial charge in [0.05, 0.1) is 5.56 Å². The normalized spacial score (nSPS) is 14.9. The van der Waals surface area contributed by atoms with Crippen molar-refractivity contribution in [1.82, 2.24) is 19.9 Å². The largest absolute Gasteiger partial charge is 0.376 e. The summed E-state index contributed by atoms with van der Waals surface area (Å²) in [5.74, 6) is -0.0641. The predicted octanol–water partition coefficient (Wildman–Crippen LogP) is 2.10. The fourth-order valence-electron chi connectivity index (χ4n) is 2.84. The molecule has 0 aliphatic carbocycles. The SMILES string of the molecule is N=C(Cl)c1nc(Cl)[nH]c(=O)c1NC1CCN(C(=O)c2cccnc2)CC1. The quantitative estimate of drug-likeness (QED) is 0.542. The molecule has 1 amide bonds. The number of hydrogen-bond acceptors (Lipinski definition) is 6. The molecule has 0 radical (unpaired) electrons. The number of likely N-dealkylation sites (tertiary alicyclic amines) is 1. The zero-order chi connectivity index (χ0) is 18.7. The summed E-state index contributed by atoms with van der Waals surface area (Å²) in [4.78, 5) is 36.6. The van der Waals surface area contributed by atoms with Crippen LogP contribution in [-0.4, -0.2) is 50.1 Å². The average Bonchev–Trinajstić information content (AvgIpc) is 2.64. The molecule has 3 heterocycles. The maximum absolute atomic E-state index is 12.4. The highest BCUT2D eigenvalue weighted by molar-refractivity contribution is 6.69. The zero-order valence-corrected chi connectivity index (χ0v) is 15.1. The summed E-state index contributed by atoms with van der Waals surface area (Å²) in [6.45, 7) is 1.08. The maximum Gasteiger partial charge on any atom is 0.275 e. The molecule has 3 rings (SSSR count).